The number of rotatable bonds is 4. The molecule has 4 saturated carbocycles. The lowest BCUT2D eigenvalue weighted by atomic mass is 9.74. The van der Waals surface area contributed by atoms with Crippen LogP contribution in [0.2, 0.25) is 0 Å². The summed E-state index contributed by atoms with van der Waals surface area (Å²) in [6.45, 7) is 0. The summed E-state index contributed by atoms with van der Waals surface area (Å²) in [5, 5.41) is 0.642. The van der Waals surface area contributed by atoms with Crippen molar-refractivity contribution in [2.75, 3.05) is 0 Å². The van der Waals surface area contributed by atoms with Crippen LogP contribution < -0.4 is 5.73 Å². The van der Waals surface area contributed by atoms with Crippen molar-refractivity contribution in [3.05, 3.63) is 66.2 Å². The van der Waals surface area contributed by atoms with Gasteiger partial charge in [-0.3, -0.25) is 0 Å². The largest absolute Gasteiger partial charge is 0.393 e. The van der Waals surface area contributed by atoms with Crippen molar-refractivity contribution >= 4 is 29.0 Å². The molecule has 4 bridgehead atoms. The van der Waals surface area contributed by atoms with Crippen molar-refractivity contribution < 1.29 is 0 Å². The predicted octanol–water partition coefficient (Wildman–Crippen LogP) is 4.80. The Hall–Kier alpha value is -1.32. The average Bonchev–Trinajstić information content (AvgIpc) is 3.30. The zero-order chi connectivity index (χ0) is 16.4. The molecule has 5 atom stereocenters. The summed E-state index contributed by atoms with van der Waals surface area (Å²) >= 11 is 7.64. The van der Waals surface area contributed by atoms with Crippen LogP contribution in [0, 0.1) is 17.3 Å². The molecule has 0 spiro atoms. The number of thioether (sulfide) groups is 1. The van der Waals surface area contributed by atoms with E-state index in [0.717, 1.165) is 4.99 Å². The number of nitrogens with two attached hydrogens (primary N) is 1. The van der Waals surface area contributed by atoms with Gasteiger partial charge in [-0.1, -0.05) is 60.7 Å². The molecule has 3 heteroatoms. The maximum Gasteiger partial charge on any atom is 0.0793 e. The Morgan fingerprint density at radius 1 is 0.958 bits per heavy atom. The van der Waals surface area contributed by atoms with Crippen molar-refractivity contribution in [1.82, 2.24) is 0 Å². The summed E-state index contributed by atoms with van der Waals surface area (Å²) in [5.74, 6) is 1.32. The first kappa shape index (κ1) is 15.0. The van der Waals surface area contributed by atoms with Gasteiger partial charge in [-0.05, 0) is 48.8 Å². The molecule has 4 aliphatic carbocycles. The second-order valence-corrected chi connectivity index (χ2v) is 9.43. The lowest BCUT2D eigenvalue weighted by molar-refractivity contribution is 0.370. The number of benzene rings is 2. The molecule has 1 nitrogen and oxygen atoms in total. The van der Waals surface area contributed by atoms with Gasteiger partial charge in [0.1, 0.15) is 0 Å². The number of hydrogen-bond donors (Lipinski definition) is 1. The minimum Gasteiger partial charge on any atom is -0.393 e. The number of hydrogen-bond acceptors (Lipinski definition) is 2. The van der Waals surface area contributed by atoms with E-state index in [1.165, 1.54) is 29.7 Å². The Balaban J connectivity index is 1.56. The smallest absolute Gasteiger partial charge is 0.0793 e. The van der Waals surface area contributed by atoms with Crippen LogP contribution in [0.15, 0.2) is 65.6 Å². The van der Waals surface area contributed by atoms with Gasteiger partial charge in [0.25, 0.3) is 0 Å². The molecule has 0 saturated heterocycles. The van der Waals surface area contributed by atoms with Crippen LogP contribution in [-0.4, -0.2) is 10.2 Å². The molecule has 24 heavy (non-hydrogen) atoms. The topological polar surface area (TPSA) is 26.0 Å². The summed E-state index contributed by atoms with van der Waals surface area (Å²) in [5.41, 5.74) is 8.20. The van der Waals surface area contributed by atoms with Crippen molar-refractivity contribution in [3.8, 4) is 0 Å². The lowest BCUT2D eigenvalue weighted by Crippen LogP contribution is -2.38. The third-order valence-corrected chi connectivity index (χ3v) is 8.75. The average molecular weight is 352 g/mol. The fourth-order valence-electron chi connectivity index (χ4n) is 5.98. The van der Waals surface area contributed by atoms with Crippen molar-refractivity contribution in [3.63, 3.8) is 0 Å². The summed E-state index contributed by atoms with van der Waals surface area (Å²) in [6, 6.07) is 21.9. The van der Waals surface area contributed by atoms with Crippen molar-refractivity contribution in [2.45, 2.75) is 34.8 Å². The summed E-state index contributed by atoms with van der Waals surface area (Å²) < 4.78 is 0. The molecular formula is C21H21NS2. The minimum absolute atomic E-state index is 0.0995. The first-order valence-corrected chi connectivity index (χ1v) is 10.0. The van der Waals surface area contributed by atoms with Crippen LogP contribution in [0.25, 0.3) is 0 Å². The molecule has 4 fully saturated rings. The van der Waals surface area contributed by atoms with Gasteiger partial charge in [0.05, 0.1) is 4.99 Å². The van der Waals surface area contributed by atoms with E-state index in [2.05, 4.69) is 72.4 Å². The highest BCUT2D eigenvalue weighted by atomic mass is 32.2. The van der Waals surface area contributed by atoms with E-state index in [-0.39, 0.29) is 5.41 Å². The second kappa shape index (κ2) is 5.09. The lowest BCUT2D eigenvalue weighted by Gasteiger charge is -2.34. The van der Waals surface area contributed by atoms with Gasteiger partial charge < -0.3 is 5.73 Å². The normalized spacial score (nSPS) is 38.8. The highest BCUT2D eigenvalue weighted by Crippen LogP contribution is 2.78. The molecule has 0 aliphatic heterocycles. The minimum atomic E-state index is 0.0995. The van der Waals surface area contributed by atoms with E-state index in [4.69, 9.17) is 18.0 Å². The Bertz CT molecular complexity index is 790. The second-order valence-electron chi connectivity index (χ2n) is 7.74. The van der Waals surface area contributed by atoms with Gasteiger partial charge in [0.15, 0.2) is 0 Å². The van der Waals surface area contributed by atoms with Crippen LogP contribution in [0.3, 0.4) is 0 Å². The third kappa shape index (κ3) is 1.80. The highest BCUT2D eigenvalue weighted by molar-refractivity contribution is 8.00. The summed E-state index contributed by atoms with van der Waals surface area (Å²) in [6.07, 6.45) is 3.61. The van der Waals surface area contributed by atoms with Crippen molar-refractivity contribution in [2.24, 2.45) is 23.0 Å². The van der Waals surface area contributed by atoms with E-state index < -0.39 is 0 Å². The zero-order valence-corrected chi connectivity index (χ0v) is 15.2. The van der Waals surface area contributed by atoms with Gasteiger partial charge in [-0.15, -0.1) is 11.8 Å². The molecule has 5 unspecified atom stereocenters. The Kier molecular flexibility index (Phi) is 3.18. The Labute approximate surface area is 153 Å². The van der Waals surface area contributed by atoms with Gasteiger partial charge in [-0.25, -0.2) is 0 Å². The molecule has 122 valence electrons. The van der Waals surface area contributed by atoms with Crippen LogP contribution >= 0.6 is 24.0 Å². The molecule has 2 N–H and O–H groups in total. The molecule has 2 aromatic carbocycles. The SMILES string of the molecule is NC(=S)C12CC3C(Sc4ccccc4)C1CC3(c1ccccc1)C2. The maximum absolute atomic E-state index is 6.30. The van der Waals surface area contributed by atoms with Gasteiger partial charge in [0.2, 0.25) is 0 Å². The molecule has 0 amide bonds. The first-order valence-electron chi connectivity index (χ1n) is 8.73. The van der Waals surface area contributed by atoms with E-state index in [9.17, 15) is 0 Å². The van der Waals surface area contributed by atoms with E-state index in [1.54, 1.807) is 0 Å². The molecule has 2 aromatic rings. The molecule has 6 rings (SSSR count). The Morgan fingerprint density at radius 2 is 1.62 bits per heavy atom. The standard InChI is InChI=1S/C21H21NS2/c22-19(23)21-12-16-18(24-15-9-5-2-6-10-15)17(21)11-20(16,13-21)14-7-3-1-4-8-14/h1-10,16-18H,11-13H2,(H2,22,23). The molecule has 0 heterocycles. The van der Waals surface area contributed by atoms with Gasteiger partial charge in [-0.2, -0.15) is 0 Å². The molecular weight excluding hydrogens is 330 g/mol. The number of thiocarbonyl (C=S) groups is 1. The van der Waals surface area contributed by atoms with Crippen LogP contribution in [0.4, 0.5) is 0 Å². The van der Waals surface area contributed by atoms with Crippen LogP contribution in [0.1, 0.15) is 24.8 Å². The van der Waals surface area contributed by atoms with Gasteiger partial charge in [0, 0.05) is 21.0 Å². The monoisotopic (exact) mass is 351 g/mol. The maximum atomic E-state index is 6.30. The fraction of sp³-hybridized carbons (Fsp3) is 0.381. The fourth-order valence-corrected chi connectivity index (χ4v) is 7.96. The predicted molar refractivity (Wildman–Crippen MR) is 104 cm³/mol. The molecule has 0 radical (unpaired) electrons. The summed E-state index contributed by atoms with van der Waals surface area (Å²) in [7, 11) is 0. The van der Waals surface area contributed by atoms with Crippen LogP contribution in [-0.2, 0) is 5.41 Å². The molecule has 4 aliphatic rings. The zero-order valence-electron chi connectivity index (χ0n) is 13.5. The third-order valence-electron chi connectivity index (χ3n) is 6.87. The van der Waals surface area contributed by atoms with Crippen LogP contribution in [0.5, 0.6) is 0 Å². The molecule has 0 aromatic heterocycles. The first-order chi connectivity index (χ1) is 11.7. The highest BCUT2D eigenvalue weighted by Gasteiger charge is 2.75. The summed E-state index contributed by atoms with van der Waals surface area (Å²) in [4.78, 5) is 2.14. The van der Waals surface area contributed by atoms with Gasteiger partial charge >= 0.3 is 0 Å². The van der Waals surface area contributed by atoms with E-state index >= 15 is 0 Å². The quantitative estimate of drug-likeness (QED) is 0.801. The van der Waals surface area contributed by atoms with E-state index in [1.807, 2.05) is 0 Å². The van der Waals surface area contributed by atoms with E-state index in [0.29, 0.717) is 22.5 Å². The van der Waals surface area contributed by atoms with Crippen molar-refractivity contribution in [1.29, 1.82) is 0 Å². The Morgan fingerprint density at radius 3 is 2.25 bits per heavy atom.